The van der Waals surface area contributed by atoms with Crippen molar-refractivity contribution in [1.82, 2.24) is 0 Å². The van der Waals surface area contributed by atoms with Crippen LogP contribution in [0, 0.1) is 0 Å². The first-order chi connectivity index (χ1) is 9.49. The van der Waals surface area contributed by atoms with E-state index in [1.165, 1.54) is 6.26 Å². The standard InChI is InChI=1S/C15H18N2O2S/c1-20(18,19)15-8-6-14(7-9-15)17-11-13-4-2-12(10-16)3-5-13/h2-9,17H,10-11,16H2,1H3. The molecule has 2 aromatic carbocycles. The van der Waals surface area contributed by atoms with Crippen LogP contribution in [0.25, 0.3) is 0 Å². The van der Waals surface area contributed by atoms with E-state index in [-0.39, 0.29) is 0 Å². The number of rotatable bonds is 5. The lowest BCUT2D eigenvalue weighted by Crippen LogP contribution is -2.02. The predicted octanol–water partition coefficient (Wildman–Crippen LogP) is 2.16. The first-order valence-corrected chi connectivity index (χ1v) is 8.20. The Morgan fingerprint density at radius 1 is 0.950 bits per heavy atom. The zero-order valence-corrected chi connectivity index (χ0v) is 12.2. The topological polar surface area (TPSA) is 72.2 Å². The fourth-order valence-corrected chi connectivity index (χ4v) is 2.45. The Morgan fingerprint density at radius 3 is 2.00 bits per heavy atom. The van der Waals surface area contributed by atoms with Crippen molar-refractivity contribution in [1.29, 1.82) is 0 Å². The molecule has 0 atom stereocenters. The molecule has 3 N–H and O–H groups in total. The van der Waals surface area contributed by atoms with Crippen LogP contribution in [0.5, 0.6) is 0 Å². The van der Waals surface area contributed by atoms with Gasteiger partial charge in [-0.15, -0.1) is 0 Å². The highest BCUT2D eigenvalue weighted by atomic mass is 32.2. The van der Waals surface area contributed by atoms with Gasteiger partial charge in [0.25, 0.3) is 0 Å². The fourth-order valence-electron chi connectivity index (χ4n) is 1.82. The summed E-state index contributed by atoms with van der Waals surface area (Å²) < 4.78 is 22.7. The van der Waals surface area contributed by atoms with E-state index in [1.54, 1.807) is 24.3 Å². The summed E-state index contributed by atoms with van der Waals surface area (Å²) in [6, 6.07) is 14.8. The third-order valence-electron chi connectivity index (χ3n) is 3.04. The molecule has 20 heavy (non-hydrogen) atoms. The highest BCUT2D eigenvalue weighted by Crippen LogP contribution is 2.15. The van der Waals surface area contributed by atoms with Crippen molar-refractivity contribution in [2.24, 2.45) is 5.73 Å². The molecule has 0 aliphatic heterocycles. The molecular weight excluding hydrogens is 272 g/mol. The van der Waals surface area contributed by atoms with E-state index in [4.69, 9.17) is 5.73 Å². The third-order valence-corrected chi connectivity index (χ3v) is 4.17. The molecule has 0 unspecified atom stereocenters. The largest absolute Gasteiger partial charge is 0.381 e. The SMILES string of the molecule is CS(=O)(=O)c1ccc(NCc2ccc(CN)cc2)cc1. The lowest BCUT2D eigenvalue weighted by Gasteiger charge is -2.08. The van der Waals surface area contributed by atoms with Gasteiger partial charge < -0.3 is 11.1 Å². The summed E-state index contributed by atoms with van der Waals surface area (Å²) in [5, 5.41) is 3.25. The Kier molecular flexibility index (Phi) is 4.42. The number of nitrogens with one attached hydrogen (secondary N) is 1. The van der Waals surface area contributed by atoms with Gasteiger partial charge in [-0.3, -0.25) is 0 Å². The Labute approximate surface area is 119 Å². The summed E-state index contributed by atoms with van der Waals surface area (Å²) in [5.74, 6) is 0. The van der Waals surface area contributed by atoms with E-state index < -0.39 is 9.84 Å². The van der Waals surface area contributed by atoms with Crippen molar-refractivity contribution < 1.29 is 8.42 Å². The number of sulfone groups is 1. The minimum atomic E-state index is -3.13. The summed E-state index contributed by atoms with van der Waals surface area (Å²) >= 11 is 0. The third kappa shape index (κ3) is 3.82. The van der Waals surface area contributed by atoms with Gasteiger partial charge in [-0.05, 0) is 35.4 Å². The number of hydrogen-bond donors (Lipinski definition) is 2. The first-order valence-electron chi connectivity index (χ1n) is 6.31. The number of anilines is 1. The summed E-state index contributed by atoms with van der Waals surface area (Å²) in [6.45, 7) is 1.23. The lowest BCUT2D eigenvalue weighted by atomic mass is 10.1. The van der Waals surface area contributed by atoms with Gasteiger partial charge in [-0.2, -0.15) is 0 Å². The van der Waals surface area contributed by atoms with Crippen LogP contribution in [-0.4, -0.2) is 14.7 Å². The number of benzene rings is 2. The molecule has 0 aromatic heterocycles. The Balaban J connectivity index is 2.00. The van der Waals surface area contributed by atoms with Crippen LogP contribution < -0.4 is 11.1 Å². The highest BCUT2D eigenvalue weighted by Gasteiger charge is 2.05. The Hall–Kier alpha value is -1.85. The quantitative estimate of drug-likeness (QED) is 0.885. The van der Waals surface area contributed by atoms with Crippen molar-refractivity contribution in [2.45, 2.75) is 18.0 Å². The van der Waals surface area contributed by atoms with Crippen LogP contribution >= 0.6 is 0 Å². The van der Waals surface area contributed by atoms with Crippen molar-refractivity contribution >= 4 is 15.5 Å². The van der Waals surface area contributed by atoms with Crippen molar-refractivity contribution in [3.63, 3.8) is 0 Å². The minimum Gasteiger partial charge on any atom is -0.381 e. The lowest BCUT2D eigenvalue weighted by molar-refractivity contribution is 0.602. The average Bonchev–Trinajstić information content (AvgIpc) is 2.45. The van der Waals surface area contributed by atoms with Gasteiger partial charge in [-0.1, -0.05) is 24.3 Å². The second-order valence-electron chi connectivity index (χ2n) is 4.67. The summed E-state index contributed by atoms with van der Waals surface area (Å²) in [4.78, 5) is 0.329. The molecule has 0 heterocycles. The highest BCUT2D eigenvalue weighted by molar-refractivity contribution is 7.90. The molecule has 0 fully saturated rings. The van der Waals surface area contributed by atoms with Gasteiger partial charge in [0.15, 0.2) is 9.84 Å². The van der Waals surface area contributed by atoms with Crippen LogP contribution in [0.2, 0.25) is 0 Å². The molecule has 0 amide bonds. The van der Waals surface area contributed by atoms with Crippen molar-refractivity contribution in [3.05, 3.63) is 59.7 Å². The van der Waals surface area contributed by atoms with E-state index in [0.717, 1.165) is 16.8 Å². The van der Waals surface area contributed by atoms with E-state index >= 15 is 0 Å². The monoisotopic (exact) mass is 290 g/mol. The number of nitrogens with two attached hydrogens (primary N) is 1. The molecule has 106 valence electrons. The normalized spacial score (nSPS) is 11.3. The molecule has 5 heteroatoms. The molecule has 0 aliphatic carbocycles. The predicted molar refractivity (Wildman–Crippen MR) is 81.2 cm³/mol. The molecule has 0 saturated carbocycles. The first kappa shape index (κ1) is 14.6. The van der Waals surface area contributed by atoms with E-state index in [0.29, 0.717) is 18.0 Å². The maximum atomic E-state index is 11.4. The molecule has 0 aliphatic rings. The number of hydrogen-bond acceptors (Lipinski definition) is 4. The second kappa shape index (κ2) is 6.07. The van der Waals surface area contributed by atoms with Gasteiger partial charge in [0, 0.05) is 25.0 Å². The molecule has 2 aromatic rings. The average molecular weight is 290 g/mol. The molecule has 4 nitrogen and oxygen atoms in total. The van der Waals surface area contributed by atoms with E-state index in [2.05, 4.69) is 5.32 Å². The molecule has 2 rings (SSSR count). The van der Waals surface area contributed by atoms with Crippen LogP contribution in [0.1, 0.15) is 11.1 Å². The van der Waals surface area contributed by atoms with Crippen LogP contribution in [0.15, 0.2) is 53.4 Å². The second-order valence-corrected chi connectivity index (χ2v) is 6.69. The van der Waals surface area contributed by atoms with E-state index in [1.807, 2.05) is 24.3 Å². The Morgan fingerprint density at radius 2 is 1.50 bits per heavy atom. The summed E-state index contributed by atoms with van der Waals surface area (Å²) in [6.07, 6.45) is 1.20. The van der Waals surface area contributed by atoms with Crippen molar-refractivity contribution in [3.8, 4) is 0 Å². The van der Waals surface area contributed by atoms with Gasteiger partial charge in [0.2, 0.25) is 0 Å². The van der Waals surface area contributed by atoms with Gasteiger partial charge >= 0.3 is 0 Å². The Bertz CT molecular complexity index is 662. The fraction of sp³-hybridized carbons (Fsp3) is 0.200. The zero-order chi connectivity index (χ0) is 14.6. The van der Waals surface area contributed by atoms with Crippen LogP contribution in [-0.2, 0) is 22.9 Å². The summed E-state index contributed by atoms with van der Waals surface area (Å²) in [5.41, 5.74) is 8.69. The van der Waals surface area contributed by atoms with E-state index in [9.17, 15) is 8.42 Å². The molecular formula is C15H18N2O2S. The maximum Gasteiger partial charge on any atom is 0.175 e. The van der Waals surface area contributed by atoms with Crippen LogP contribution in [0.4, 0.5) is 5.69 Å². The minimum absolute atomic E-state index is 0.329. The molecule has 0 radical (unpaired) electrons. The summed E-state index contributed by atoms with van der Waals surface area (Å²) in [7, 11) is -3.13. The maximum absolute atomic E-state index is 11.4. The smallest absolute Gasteiger partial charge is 0.175 e. The van der Waals surface area contributed by atoms with Crippen molar-refractivity contribution in [2.75, 3.05) is 11.6 Å². The molecule has 0 saturated heterocycles. The van der Waals surface area contributed by atoms with Gasteiger partial charge in [0.1, 0.15) is 0 Å². The zero-order valence-electron chi connectivity index (χ0n) is 11.3. The van der Waals surface area contributed by atoms with Gasteiger partial charge in [-0.25, -0.2) is 8.42 Å². The van der Waals surface area contributed by atoms with Gasteiger partial charge in [0.05, 0.1) is 4.90 Å². The van der Waals surface area contributed by atoms with Crippen LogP contribution in [0.3, 0.4) is 0 Å². The molecule has 0 bridgehead atoms. The molecule has 0 spiro atoms.